The SMILES string of the molecule is O=C1Nc2ccc(NS(=O)(=O)CCO)cc2N2CCC(CC2)C2(CCCNc3cccc1n3)CC2. The maximum absolute atomic E-state index is 13.1. The second-order valence-electron chi connectivity index (χ2n) is 9.89. The zero-order valence-corrected chi connectivity index (χ0v) is 20.6. The summed E-state index contributed by atoms with van der Waals surface area (Å²) >= 11 is 0. The summed E-state index contributed by atoms with van der Waals surface area (Å²) in [6.07, 6.45) is 7.06. The minimum atomic E-state index is -3.66. The summed E-state index contributed by atoms with van der Waals surface area (Å²) in [5.41, 5.74) is 2.59. The Morgan fingerprint density at radius 2 is 1.94 bits per heavy atom. The second-order valence-corrected chi connectivity index (χ2v) is 11.7. The molecule has 1 amide bonds. The van der Waals surface area contributed by atoms with Crippen molar-refractivity contribution in [3.8, 4) is 0 Å². The van der Waals surface area contributed by atoms with Crippen molar-refractivity contribution in [2.75, 3.05) is 52.2 Å². The molecule has 0 atom stereocenters. The molecule has 1 aromatic carbocycles. The van der Waals surface area contributed by atoms with Crippen LogP contribution in [0.3, 0.4) is 0 Å². The molecule has 10 heteroatoms. The number of carbonyl (C=O) groups is 1. The van der Waals surface area contributed by atoms with Crippen LogP contribution in [0.1, 0.15) is 49.0 Å². The highest BCUT2D eigenvalue weighted by molar-refractivity contribution is 7.92. The molecule has 4 N–H and O–H groups in total. The molecule has 0 unspecified atom stereocenters. The van der Waals surface area contributed by atoms with Crippen molar-refractivity contribution < 1.29 is 18.3 Å². The van der Waals surface area contributed by atoms with Crippen molar-refractivity contribution >= 4 is 38.8 Å². The topological polar surface area (TPSA) is 124 Å². The van der Waals surface area contributed by atoms with Gasteiger partial charge >= 0.3 is 0 Å². The largest absolute Gasteiger partial charge is 0.395 e. The Labute approximate surface area is 206 Å². The quantitative estimate of drug-likeness (QED) is 0.509. The lowest BCUT2D eigenvalue weighted by Crippen LogP contribution is -2.37. The number of benzene rings is 1. The van der Waals surface area contributed by atoms with Gasteiger partial charge in [0.15, 0.2) is 0 Å². The maximum Gasteiger partial charge on any atom is 0.274 e. The molecular formula is C25H33N5O4S. The minimum absolute atomic E-state index is 0.317. The second kappa shape index (κ2) is 9.66. The summed E-state index contributed by atoms with van der Waals surface area (Å²) in [7, 11) is -3.66. The van der Waals surface area contributed by atoms with E-state index in [0.717, 1.165) is 44.6 Å². The Hall–Kier alpha value is -2.85. The van der Waals surface area contributed by atoms with Crippen LogP contribution in [-0.4, -0.2) is 56.4 Å². The first-order valence-corrected chi connectivity index (χ1v) is 14.1. The lowest BCUT2D eigenvalue weighted by atomic mass is 9.78. The van der Waals surface area contributed by atoms with E-state index < -0.39 is 16.6 Å². The Bertz CT molecular complexity index is 1190. The lowest BCUT2D eigenvalue weighted by molar-refractivity contribution is 0.102. The number of sulfonamides is 1. The number of piperidine rings is 1. The predicted octanol–water partition coefficient (Wildman–Crippen LogP) is 3.27. The third kappa shape index (κ3) is 5.38. The molecule has 1 aliphatic carbocycles. The van der Waals surface area contributed by atoms with Crippen LogP contribution in [-0.2, 0) is 10.0 Å². The van der Waals surface area contributed by atoms with E-state index in [4.69, 9.17) is 5.11 Å². The third-order valence-electron chi connectivity index (χ3n) is 7.61. The van der Waals surface area contributed by atoms with E-state index in [0.29, 0.717) is 34.2 Å². The van der Waals surface area contributed by atoms with E-state index in [1.54, 1.807) is 24.3 Å². The number of amides is 1. The van der Waals surface area contributed by atoms with E-state index in [1.165, 1.54) is 19.3 Å². The van der Waals surface area contributed by atoms with Gasteiger partial charge in [-0.1, -0.05) is 6.07 Å². The molecule has 4 heterocycles. The molecule has 0 radical (unpaired) electrons. The first kappa shape index (κ1) is 23.9. The van der Waals surface area contributed by atoms with E-state index in [9.17, 15) is 13.2 Å². The fraction of sp³-hybridized carbons (Fsp3) is 0.520. The van der Waals surface area contributed by atoms with Crippen molar-refractivity contribution in [1.82, 2.24) is 4.98 Å². The number of hydrogen-bond donors (Lipinski definition) is 4. The number of aromatic nitrogens is 1. The number of carbonyl (C=O) groups excluding carboxylic acids is 1. The Kier molecular flexibility index (Phi) is 6.59. The average molecular weight is 500 g/mol. The normalized spacial score (nSPS) is 20.1. The summed E-state index contributed by atoms with van der Waals surface area (Å²) in [5, 5.41) is 15.4. The Morgan fingerprint density at radius 3 is 2.69 bits per heavy atom. The van der Waals surface area contributed by atoms with Gasteiger partial charge < -0.3 is 20.6 Å². The number of nitrogens with one attached hydrogen (secondary N) is 3. The van der Waals surface area contributed by atoms with Crippen molar-refractivity contribution in [2.45, 2.75) is 38.5 Å². The number of anilines is 4. The fourth-order valence-corrected chi connectivity index (χ4v) is 6.40. The van der Waals surface area contributed by atoms with Crippen molar-refractivity contribution in [2.24, 2.45) is 11.3 Å². The van der Waals surface area contributed by atoms with Crippen LogP contribution in [0.5, 0.6) is 0 Å². The molecule has 1 spiro atoms. The van der Waals surface area contributed by atoms with Crippen LogP contribution in [0.2, 0.25) is 0 Å². The summed E-state index contributed by atoms with van der Waals surface area (Å²) in [6, 6.07) is 10.5. The van der Waals surface area contributed by atoms with Crippen LogP contribution in [0, 0.1) is 11.3 Å². The summed E-state index contributed by atoms with van der Waals surface area (Å²) < 4.78 is 27.0. The number of fused-ring (bicyclic) bond motifs is 6. The van der Waals surface area contributed by atoms with Gasteiger partial charge in [0.05, 0.1) is 29.4 Å². The molecule has 4 bridgehead atoms. The molecule has 188 valence electrons. The monoisotopic (exact) mass is 499 g/mol. The van der Waals surface area contributed by atoms with Gasteiger partial charge in [0, 0.05) is 19.6 Å². The maximum atomic E-state index is 13.1. The minimum Gasteiger partial charge on any atom is -0.395 e. The lowest BCUT2D eigenvalue weighted by Gasteiger charge is -2.38. The predicted molar refractivity (Wildman–Crippen MR) is 137 cm³/mol. The van der Waals surface area contributed by atoms with Crippen LogP contribution >= 0.6 is 0 Å². The molecule has 1 saturated heterocycles. The smallest absolute Gasteiger partial charge is 0.274 e. The van der Waals surface area contributed by atoms with Gasteiger partial charge in [0.2, 0.25) is 10.0 Å². The van der Waals surface area contributed by atoms with Gasteiger partial charge in [0.1, 0.15) is 11.5 Å². The summed E-state index contributed by atoms with van der Waals surface area (Å²) in [4.78, 5) is 19.8. The van der Waals surface area contributed by atoms with Gasteiger partial charge in [-0.05, 0) is 80.2 Å². The molecule has 3 aliphatic heterocycles. The van der Waals surface area contributed by atoms with Crippen LogP contribution in [0.15, 0.2) is 36.4 Å². The van der Waals surface area contributed by atoms with E-state index >= 15 is 0 Å². The third-order valence-corrected chi connectivity index (χ3v) is 8.88. The van der Waals surface area contributed by atoms with Crippen molar-refractivity contribution in [1.29, 1.82) is 0 Å². The molecule has 35 heavy (non-hydrogen) atoms. The van der Waals surface area contributed by atoms with Crippen LogP contribution in [0.25, 0.3) is 0 Å². The molecule has 9 nitrogen and oxygen atoms in total. The molecule has 2 fully saturated rings. The number of pyridine rings is 1. The zero-order valence-electron chi connectivity index (χ0n) is 19.8. The van der Waals surface area contributed by atoms with E-state index in [2.05, 4.69) is 25.2 Å². The Balaban J connectivity index is 1.48. The Morgan fingerprint density at radius 1 is 1.14 bits per heavy atom. The van der Waals surface area contributed by atoms with Gasteiger partial charge in [-0.2, -0.15) is 0 Å². The molecular weight excluding hydrogens is 466 g/mol. The molecule has 4 aliphatic rings. The highest BCUT2D eigenvalue weighted by Crippen LogP contribution is 2.58. The molecule has 2 aromatic rings. The van der Waals surface area contributed by atoms with Gasteiger partial charge in [-0.15, -0.1) is 0 Å². The fourth-order valence-electron chi connectivity index (χ4n) is 5.57. The first-order valence-electron chi connectivity index (χ1n) is 12.4. The van der Waals surface area contributed by atoms with Crippen molar-refractivity contribution in [3.63, 3.8) is 0 Å². The van der Waals surface area contributed by atoms with Crippen LogP contribution in [0.4, 0.5) is 22.9 Å². The number of rotatable bonds is 4. The summed E-state index contributed by atoms with van der Waals surface area (Å²) in [5.74, 6) is 0.693. The average Bonchev–Trinajstić information content (AvgIpc) is 3.63. The van der Waals surface area contributed by atoms with Crippen LogP contribution < -0.4 is 20.3 Å². The molecule has 6 rings (SSSR count). The number of hydrogen-bond acceptors (Lipinski definition) is 7. The van der Waals surface area contributed by atoms with Crippen molar-refractivity contribution in [3.05, 3.63) is 42.1 Å². The molecule has 1 aromatic heterocycles. The number of aliphatic hydroxyl groups is 1. The standard InChI is InChI=1S/C25H33N5O4S/c31-15-16-35(33,34)29-19-5-6-20-22(17-19)30-13-7-18(8-14-30)25(10-11-25)9-2-12-26-23-4-1-3-21(27-23)24(32)28-20/h1,3-6,17-18,29,31H,2,7-16H2,(H,26,27)(H,28,32). The summed E-state index contributed by atoms with van der Waals surface area (Å²) in [6.45, 7) is 2.10. The zero-order chi connectivity index (χ0) is 24.5. The van der Waals surface area contributed by atoms with Gasteiger partial charge in [-0.25, -0.2) is 13.4 Å². The highest BCUT2D eigenvalue weighted by atomic mass is 32.2. The number of nitrogens with zero attached hydrogens (tertiary/aromatic N) is 2. The highest BCUT2D eigenvalue weighted by Gasteiger charge is 2.48. The first-order chi connectivity index (χ1) is 16.9. The van der Waals surface area contributed by atoms with E-state index in [-0.39, 0.29) is 11.7 Å². The molecule has 1 saturated carbocycles. The number of aliphatic hydroxyl groups excluding tert-OH is 1. The van der Waals surface area contributed by atoms with Gasteiger partial charge in [-0.3, -0.25) is 9.52 Å². The van der Waals surface area contributed by atoms with Gasteiger partial charge in [0.25, 0.3) is 5.91 Å². The van der Waals surface area contributed by atoms with E-state index in [1.807, 2.05) is 12.1 Å².